The summed E-state index contributed by atoms with van der Waals surface area (Å²) in [6, 6.07) is 2.03. The van der Waals surface area contributed by atoms with Crippen molar-refractivity contribution in [3.05, 3.63) is 21.4 Å². The zero-order chi connectivity index (χ0) is 14.7. The highest BCUT2D eigenvalue weighted by Gasteiger charge is 2.20. The van der Waals surface area contributed by atoms with Gasteiger partial charge in [-0.2, -0.15) is 0 Å². The van der Waals surface area contributed by atoms with E-state index in [2.05, 4.69) is 30.8 Å². The molecule has 0 amide bonds. The number of rotatable bonds is 5. The number of likely N-dealkylation sites (tertiary alicyclic amines) is 1. The predicted octanol–water partition coefficient (Wildman–Crippen LogP) is 2.82. The maximum atomic E-state index is 12.3. The second-order valence-corrected chi connectivity index (χ2v) is 7.65. The third-order valence-electron chi connectivity index (χ3n) is 4.16. The molecule has 0 N–H and O–H groups in total. The first-order chi connectivity index (χ1) is 9.45. The van der Waals surface area contributed by atoms with Crippen LogP contribution in [0.2, 0.25) is 0 Å². The van der Waals surface area contributed by atoms with E-state index < -0.39 is 0 Å². The third kappa shape index (κ3) is 4.14. The van der Waals surface area contributed by atoms with E-state index in [1.165, 1.54) is 30.8 Å². The van der Waals surface area contributed by atoms with Gasteiger partial charge in [-0.1, -0.05) is 0 Å². The second-order valence-electron chi connectivity index (χ2n) is 6.19. The van der Waals surface area contributed by atoms with Gasteiger partial charge in [-0.25, -0.2) is 0 Å². The van der Waals surface area contributed by atoms with Gasteiger partial charge in [0.05, 0.1) is 6.54 Å². The summed E-state index contributed by atoms with van der Waals surface area (Å²) in [5.41, 5.74) is 0.919. The van der Waals surface area contributed by atoms with Crippen LogP contribution in [0.5, 0.6) is 0 Å². The molecule has 1 aliphatic rings. The lowest BCUT2D eigenvalue weighted by molar-refractivity contribution is 0.0924. The lowest BCUT2D eigenvalue weighted by Crippen LogP contribution is -2.37. The van der Waals surface area contributed by atoms with E-state index in [-0.39, 0.29) is 5.78 Å². The van der Waals surface area contributed by atoms with Gasteiger partial charge in [0.15, 0.2) is 5.78 Å². The van der Waals surface area contributed by atoms with Gasteiger partial charge < -0.3 is 4.90 Å². The number of thiophene rings is 1. The molecule has 0 saturated carbocycles. The topological polar surface area (TPSA) is 23.6 Å². The first kappa shape index (κ1) is 15.7. The van der Waals surface area contributed by atoms with E-state index in [4.69, 9.17) is 0 Å². The molecule has 1 fully saturated rings. The smallest absolute Gasteiger partial charge is 0.177 e. The maximum absolute atomic E-state index is 12.3. The highest BCUT2D eigenvalue weighted by atomic mass is 32.1. The fourth-order valence-corrected chi connectivity index (χ4v) is 3.93. The Kier molecular flexibility index (Phi) is 5.35. The van der Waals surface area contributed by atoms with Gasteiger partial charge in [-0.15, -0.1) is 11.3 Å². The number of aryl methyl sites for hydroxylation is 2. The van der Waals surface area contributed by atoms with Crippen molar-refractivity contribution in [3.63, 3.8) is 0 Å². The molecule has 0 spiro atoms. The van der Waals surface area contributed by atoms with Gasteiger partial charge in [0.2, 0.25) is 0 Å². The highest BCUT2D eigenvalue weighted by molar-refractivity contribution is 7.12. The summed E-state index contributed by atoms with van der Waals surface area (Å²) in [6.07, 6.45) is 2.51. The van der Waals surface area contributed by atoms with Gasteiger partial charge in [0.1, 0.15) is 0 Å². The number of hydrogen-bond acceptors (Lipinski definition) is 4. The monoisotopic (exact) mass is 294 g/mol. The van der Waals surface area contributed by atoms with E-state index in [9.17, 15) is 4.79 Å². The van der Waals surface area contributed by atoms with Crippen LogP contribution < -0.4 is 0 Å². The summed E-state index contributed by atoms with van der Waals surface area (Å²) in [6.45, 7) is 8.08. The number of ketones is 1. The van der Waals surface area contributed by atoms with Crippen molar-refractivity contribution in [2.75, 3.05) is 40.3 Å². The Balaban J connectivity index is 1.83. The van der Waals surface area contributed by atoms with Crippen LogP contribution in [0.1, 0.15) is 33.0 Å². The van der Waals surface area contributed by atoms with Crippen LogP contribution in [0.4, 0.5) is 0 Å². The van der Waals surface area contributed by atoms with Gasteiger partial charge in [-0.05, 0) is 65.9 Å². The van der Waals surface area contributed by atoms with Crippen LogP contribution >= 0.6 is 11.3 Å². The Labute approximate surface area is 126 Å². The molecule has 1 aliphatic heterocycles. The average molecular weight is 294 g/mol. The number of piperidine rings is 1. The number of hydrogen-bond donors (Lipinski definition) is 0. The molecular formula is C16H26N2OS. The predicted molar refractivity (Wildman–Crippen MR) is 85.8 cm³/mol. The van der Waals surface area contributed by atoms with E-state index in [1.54, 1.807) is 11.3 Å². The number of likely N-dealkylation sites (N-methyl/N-ethyl adjacent to an activating group) is 1. The molecule has 0 aliphatic carbocycles. The Morgan fingerprint density at radius 2 is 2.05 bits per heavy atom. The molecule has 2 rings (SSSR count). The lowest BCUT2D eigenvalue weighted by Gasteiger charge is -2.31. The Hall–Kier alpha value is -0.710. The van der Waals surface area contributed by atoms with Crippen LogP contribution in [0.25, 0.3) is 0 Å². The molecule has 112 valence electrons. The third-order valence-corrected chi connectivity index (χ3v) is 5.13. The summed E-state index contributed by atoms with van der Waals surface area (Å²) < 4.78 is 0. The van der Waals surface area contributed by atoms with E-state index >= 15 is 0 Å². The zero-order valence-electron chi connectivity index (χ0n) is 13.1. The van der Waals surface area contributed by atoms with Gasteiger partial charge in [0.25, 0.3) is 0 Å². The lowest BCUT2D eigenvalue weighted by atomic mass is 9.96. The molecule has 1 aromatic heterocycles. The first-order valence-corrected chi connectivity index (χ1v) is 8.24. The number of carbonyl (C=O) groups excluding carboxylic acids is 1. The molecule has 4 heteroatoms. The van der Waals surface area contributed by atoms with Crippen molar-refractivity contribution in [3.8, 4) is 0 Å². The van der Waals surface area contributed by atoms with Crippen LogP contribution in [-0.4, -0.2) is 55.9 Å². The molecule has 0 bridgehead atoms. The summed E-state index contributed by atoms with van der Waals surface area (Å²) in [7, 11) is 4.26. The average Bonchev–Trinajstić information content (AvgIpc) is 2.71. The Morgan fingerprint density at radius 3 is 2.60 bits per heavy atom. The van der Waals surface area contributed by atoms with Gasteiger partial charge in [-0.3, -0.25) is 9.69 Å². The number of nitrogens with zero attached hydrogens (tertiary/aromatic N) is 2. The summed E-state index contributed by atoms with van der Waals surface area (Å²) in [4.78, 5) is 19.3. The molecule has 1 saturated heterocycles. The van der Waals surface area contributed by atoms with Crippen LogP contribution in [0.3, 0.4) is 0 Å². The second kappa shape index (κ2) is 6.83. The molecular weight excluding hydrogens is 268 g/mol. The van der Waals surface area contributed by atoms with E-state index in [1.807, 2.05) is 13.0 Å². The van der Waals surface area contributed by atoms with E-state index in [0.29, 0.717) is 6.54 Å². The SMILES string of the molecule is Cc1cc(C(=O)CN(C)CC2CCN(C)CC2)c(C)s1. The minimum atomic E-state index is 0.266. The maximum Gasteiger partial charge on any atom is 0.177 e. The van der Waals surface area contributed by atoms with Crippen molar-refractivity contribution in [2.45, 2.75) is 26.7 Å². The minimum Gasteiger partial charge on any atom is -0.306 e. The van der Waals surface area contributed by atoms with Crippen molar-refractivity contribution >= 4 is 17.1 Å². The highest BCUT2D eigenvalue weighted by Crippen LogP contribution is 2.22. The fourth-order valence-electron chi connectivity index (χ4n) is 2.99. The molecule has 1 aromatic rings. The van der Waals surface area contributed by atoms with Crippen LogP contribution in [0.15, 0.2) is 6.07 Å². The van der Waals surface area contributed by atoms with Crippen molar-refractivity contribution < 1.29 is 4.79 Å². The van der Waals surface area contributed by atoms with Gasteiger partial charge >= 0.3 is 0 Å². The quantitative estimate of drug-likeness (QED) is 0.780. The van der Waals surface area contributed by atoms with Crippen LogP contribution in [-0.2, 0) is 0 Å². The summed E-state index contributed by atoms with van der Waals surface area (Å²) >= 11 is 1.72. The van der Waals surface area contributed by atoms with Crippen LogP contribution in [0, 0.1) is 19.8 Å². The largest absolute Gasteiger partial charge is 0.306 e. The molecule has 20 heavy (non-hydrogen) atoms. The zero-order valence-corrected chi connectivity index (χ0v) is 13.9. The molecule has 0 aromatic carbocycles. The molecule has 0 unspecified atom stereocenters. The van der Waals surface area contributed by atoms with E-state index in [0.717, 1.165) is 22.9 Å². The summed E-state index contributed by atoms with van der Waals surface area (Å²) in [5, 5.41) is 0. The molecule has 2 heterocycles. The number of Topliss-reactive ketones (excluding diaryl/α,β-unsaturated/α-hetero) is 1. The molecule has 0 atom stereocenters. The fraction of sp³-hybridized carbons (Fsp3) is 0.688. The standard InChI is InChI=1S/C16H26N2OS/c1-12-9-15(13(2)20-12)16(19)11-18(4)10-14-5-7-17(3)8-6-14/h9,14H,5-8,10-11H2,1-4H3. The van der Waals surface area contributed by atoms with Crippen molar-refractivity contribution in [1.82, 2.24) is 9.80 Å². The van der Waals surface area contributed by atoms with Crippen molar-refractivity contribution in [1.29, 1.82) is 0 Å². The van der Waals surface area contributed by atoms with Crippen molar-refractivity contribution in [2.24, 2.45) is 5.92 Å². The first-order valence-electron chi connectivity index (χ1n) is 7.43. The Bertz CT molecular complexity index is 461. The minimum absolute atomic E-state index is 0.266. The number of carbonyl (C=O) groups is 1. The normalized spacial score (nSPS) is 17.9. The Morgan fingerprint density at radius 1 is 1.40 bits per heavy atom. The van der Waals surface area contributed by atoms with Gasteiger partial charge in [0, 0.05) is 21.9 Å². The molecule has 0 radical (unpaired) electrons. The molecule has 3 nitrogen and oxygen atoms in total. The summed E-state index contributed by atoms with van der Waals surface area (Å²) in [5.74, 6) is 1.01.